The van der Waals surface area contributed by atoms with E-state index in [2.05, 4.69) is 21.3 Å². The van der Waals surface area contributed by atoms with Crippen LogP contribution in [0.5, 0.6) is 0 Å². The standard InChI is InChI=1S/C25H38N4O6S2/c1-6-17-22(31)29-21(15(4)5)25(34)35-16-9-7-8-11-36-37-12-10-18(23(32)26-17)27-24(33)20(14(2)3)28-19(30)13-16/h6-7,9,14-16,18,20-21H,8,10-13H2,1-5H3,(H,26,32)(H,27,33)(H,28,30)(H,29,31)/t16-,18-,20-,21+/m1/s1. The molecule has 4 amide bonds. The van der Waals surface area contributed by atoms with Crippen molar-refractivity contribution in [2.45, 2.75) is 78.1 Å². The van der Waals surface area contributed by atoms with Crippen LogP contribution in [0.25, 0.3) is 0 Å². The molecule has 0 aliphatic carbocycles. The van der Waals surface area contributed by atoms with Crippen LogP contribution in [-0.4, -0.2) is 65.3 Å². The molecule has 0 radical (unpaired) electrons. The van der Waals surface area contributed by atoms with Gasteiger partial charge in [0.2, 0.25) is 17.7 Å². The highest BCUT2D eigenvalue weighted by molar-refractivity contribution is 8.76. The van der Waals surface area contributed by atoms with Crippen molar-refractivity contribution in [3.63, 3.8) is 0 Å². The third-order valence-corrected chi connectivity index (χ3v) is 8.31. The molecule has 1 fully saturated rings. The first-order chi connectivity index (χ1) is 17.5. The number of carbonyl (C=O) groups excluding carboxylic acids is 5. The summed E-state index contributed by atoms with van der Waals surface area (Å²) in [5.74, 6) is -2.11. The van der Waals surface area contributed by atoms with Gasteiger partial charge in [-0.3, -0.25) is 19.2 Å². The van der Waals surface area contributed by atoms with Crippen LogP contribution in [0, 0.1) is 11.8 Å². The molecule has 10 nitrogen and oxygen atoms in total. The van der Waals surface area contributed by atoms with Gasteiger partial charge in [0.15, 0.2) is 0 Å². The summed E-state index contributed by atoms with van der Waals surface area (Å²) in [5, 5.41) is 10.7. The molecule has 0 aromatic heterocycles. The molecule has 4 atom stereocenters. The van der Waals surface area contributed by atoms with Crippen molar-refractivity contribution in [1.82, 2.24) is 21.3 Å². The van der Waals surface area contributed by atoms with Gasteiger partial charge in [-0.2, -0.15) is 0 Å². The Morgan fingerprint density at radius 3 is 2.24 bits per heavy atom. The number of rotatable bonds is 2. The van der Waals surface area contributed by atoms with Gasteiger partial charge in [-0.25, -0.2) is 4.79 Å². The number of esters is 1. The second-order valence-corrected chi connectivity index (χ2v) is 12.3. The monoisotopic (exact) mass is 554 g/mol. The number of ether oxygens (including phenoxy) is 1. The first-order valence-corrected chi connectivity index (χ1v) is 15.0. The Kier molecular flexibility index (Phi) is 12.5. The van der Waals surface area contributed by atoms with Crippen molar-refractivity contribution in [2.24, 2.45) is 11.8 Å². The highest BCUT2D eigenvalue weighted by Crippen LogP contribution is 2.24. The number of fused-ring (bicyclic) bond motifs is 7. The molecule has 2 aliphatic heterocycles. The van der Waals surface area contributed by atoms with E-state index in [-0.39, 0.29) is 24.0 Å². The van der Waals surface area contributed by atoms with Crippen molar-refractivity contribution in [3.05, 3.63) is 23.9 Å². The largest absolute Gasteiger partial charge is 0.456 e. The lowest BCUT2D eigenvalue weighted by molar-refractivity contribution is -0.153. The molecule has 0 unspecified atom stereocenters. The summed E-state index contributed by atoms with van der Waals surface area (Å²) in [7, 11) is 3.20. The average Bonchev–Trinajstić information content (AvgIpc) is 2.82. The molecular formula is C25H38N4O6S2. The third kappa shape index (κ3) is 9.73. The summed E-state index contributed by atoms with van der Waals surface area (Å²) >= 11 is 0. The molecule has 0 saturated carbocycles. The predicted octanol–water partition coefficient (Wildman–Crippen LogP) is 1.82. The number of hydrogen-bond acceptors (Lipinski definition) is 8. The highest BCUT2D eigenvalue weighted by Gasteiger charge is 2.33. The topological polar surface area (TPSA) is 143 Å². The minimum Gasteiger partial charge on any atom is -0.456 e. The molecule has 2 heterocycles. The quantitative estimate of drug-likeness (QED) is 0.175. The Morgan fingerprint density at radius 1 is 0.919 bits per heavy atom. The Balaban J connectivity index is 2.55. The zero-order valence-corrected chi connectivity index (χ0v) is 23.6. The average molecular weight is 555 g/mol. The lowest BCUT2D eigenvalue weighted by Gasteiger charge is -2.28. The zero-order chi connectivity index (χ0) is 27.5. The first-order valence-electron chi connectivity index (χ1n) is 12.5. The lowest BCUT2D eigenvalue weighted by Crippen LogP contribution is -2.56. The molecule has 2 bridgehead atoms. The van der Waals surface area contributed by atoms with Crippen molar-refractivity contribution >= 4 is 51.2 Å². The van der Waals surface area contributed by atoms with E-state index in [1.54, 1.807) is 62.3 Å². The van der Waals surface area contributed by atoms with Gasteiger partial charge in [0.25, 0.3) is 5.91 Å². The maximum Gasteiger partial charge on any atom is 0.329 e. The maximum atomic E-state index is 13.2. The predicted molar refractivity (Wildman–Crippen MR) is 145 cm³/mol. The minimum atomic E-state index is -1.00. The molecule has 0 aromatic rings. The third-order valence-electron chi connectivity index (χ3n) is 5.84. The van der Waals surface area contributed by atoms with Crippen molar-refractivity contribution in [3.8, 4) is 0 Å². The zero-order valence-electron chi connectivity index (χ0n) is 22.0. The van der Waals surface area contributed by atoms with E-state index in [0.717, 1.165) is 5.75 Å². The molecule has 4 N–H and O–H groups in total. The SMILES string of the molecule is CC=C1NC(=O)[C@H]2CCSSCCC=C[C@H](CC(=O)N[C@H](C(C)C)C(=O)N2)OC(=O)[C@H](C(C)C)NC1=O. The molecule has 12 heteroatoms. The second-order valence-electron chi connectivity index (χ2n) is 9.57. The summed E-state index contributed by atoms with van der Waals surface area (Å²) in [6.45, 7) is 8.68. The summed E-state index contributed by atoms with van der Waals surface area (Å²) in [6.07, 6.45) is 4.91. The van der Waals surface area contributed by atoms with E-state index in [0.29, 0.717) is 18.6 Å². The summed E-state index contributed by atoms with van der Waals surface area (Å²) < 4.78 is 5.67. The van der Waals surface area contributed by atoms with Crippen molar-refractivity contribution < 1.29 is 28.7 Å². The first kappa shape index (κ1) is 30.8. The summed E-state index contributed by atoms with van der Waals surface area (Å²) in [6, 6.07) is -2.84. The van der Waals surface area contributed by atoms with Crippen LogP contribution in [-0.2, 0) is 28.7 Å². The number of allylic oxidation sites excluding steroid dienone is 2. The molecule has 2 aliphatic rings. The van der Waals surface area contributed by atoms with Crippen LogP contribution < -0.4 is 21.3 Å². The normalized spacial score (nSPS) is 28.6. The van der Waals surface area contributed by atoms with Crippen LogP contribution in [0.2, 0.25) is 0 Å². The fraction of sp³-hybridized carbons (Fsp3) is 0.640. The molecule has 206 valence electrons. The van der Waals surface area contributed by atoms with Gasteiger partial charge in [-0.05, 0) is 37.7 Å². The Morgan fingerprint density at radius 2 is 1.59 bits per heavy atom. The van der Waals surface area contributed by atoms with Crippen LogP contribution in [0.3, 0.4) is 0 Å². The summed E-state index contributed by atoms with van der Waals surface area (Å²) in [5.41, 5.74) is -0.0388. The molecule has 0 aromatic carbocycles. The number of carbonyl (C=O) groups is 5. The van der Waals surface area contributed by atoms with Gasteiger partial charge in [0, 0.05) is 11.5 Å². The van der Waals surface area contributed by atoms with Gasteiger partial charge < -0.3 is 26.0 Å². The number of nitrogens with one attached hydrogen (secondary N) is 4. The van der Waals surface area contributed by atoms with Crippen molar-refractivity contribution in [1.29, 1.82) is 0 Å². The van der Waals surface area contributed by atoms with Gasteiger partial charge in [0.1, 0.15) is 29.9 Å². The molecule has 37 heavy (non-hydrogen) atoms. The molecular weight excluding hydrogens is 516 g/mol. The van der Waals surface area contributed by atoms with E-state index in [4.69, 9.17) is 4.74 Å². The molecule has 1 saturated heterocycles. The Labute approximate surface area is 226 Å². The fourth-order valence-corrected chi connectivity index (χ4v) is 5.78. The van der Waals surface area contributed by atoms with Gasteiger partial charge in [-0.1, -0.05) is 61.4 Å². The minimum absolute atomic E-state index is 0.0388. The van der Waals surface area contributed by atoms with Crippen LogP contribution >= 0.6 is 21.6 Å². The van der Waals surface area contributed by atoms with E-state index in [1.807, 2.05) is 6.08 Å². The van der Waals surface area contributed by atoms with Crippen LogP contribution in [0.4, 0.5) is 0 Å². The van der Waals surface area contributed by atoms with E-state index in [9.17, 15) is 24.0 Å². The Hall–Kier alpha value is -2.47. The highest BCUT2D eigenvalue weighted by atomic mass is 33.1. The second kappa shape index (κ2) is 15.1. The van der Waals surface area contributed by atoms with E-state index in [1.165, 1.54) is 6.08 Å². The molecule has 2 rings (SSSR count). The van der Waals surface area contributed by atoms with E-state index < -0.39 is 53.8 Å². The van der Waals surface area contributed by atoms with Crippen molar-refractivity contribution in [2.75, 3.05) is 11.5 Å². The maximum absolute atomic E-state index is 13.2. The number of hydrogen-bond donors (Lipinski definition) is 4. The van der Waals surface area contributed by atoms with Crippen LogP contribution in [0.1, 0.15) is 53.9 Å². The Bertz CT molecular complexity index is 921. The smallest absolute Gasteiger partial charge is 0.329 e. The number of amides is 4. The van der Waals surface area contributed by atoms with Crippen LogP contribution in [0.15, 0.2) is 23.9 Å². The lowest BCUT2D eigenvalue weighted by atomic mass is 10.0. The summed E-state index contributed by atoms with van der Waals surface area (Å²) in [4.78, 5) is 65.4. The van der Waals surface area contributed by atoms with Gasteiger partial charge >= 0.3 is 5.97 Å². The van der Waals surface area contributed by atoms with Gasteiger partial charge in [0.05, 0.1) is 6.42 Å². The fourth-order valence-electron chi connectivity index (χ4n) is 3.70. The van der Waals surface area contributed by atoms with Gasteiger partial charge in [-0.15, -0.1) is 0 Å². The molecule has 0 spiro atoms. The van der Waals surface area contributed by atoms with E-state index >= 15 is 0 Å².